The lowest BCUT2D eigenvalue weighted by molar-refractivity contribution is 0.0254. The van der Waals surface area contributed by atoms with Gasteiger partial charge in [0, 0.05) is 18.5 Å². The number of halogens is 2. The van der Waals surface area contributed by atoms with Crippen molar-refractivity contribution in [2.24, 2.45) is 11.8 Å². The van der Waals surface area contributed by atoms with E-state index in [4.69, 9.17) is 32.1 Å². The molecule has 150 valence electrons. The second-order valence-corrected chi connectivity index (χ2v) is 10.7. The number of likely N-dealkylation sites (tertiary alicyclic amines) is 1. The van der Waals surface area contributed by atoms with E-state index >= 15 is 0 Å². The van der Waals surface area contributed by atoms with E-state index in [1.807, 2.05) is 26.8 Å². The fourth-order valence-electron chi connectivity index (χ4n) is 3.93. The highest BCUT2D eigenvalue weighted by atomic mass is 35.5. The van der Waals surface area contributed by atoms with E-state index in [1.165, 1.54) is 0 Å². The molecular weight excluding hydrogens is 413 g/mol. The van der Waals surface area contributed by atoms with E-state index in [-0.39, 0.29) is 24.5 Å². The predicted molar refractivity (Wildman–Crippen MR) is 104 cm³/mol. The molecule has 0 aromatic heterocycles. The van der Waals surface area contributed by atoms with Gasteiger partial charge in [0.15, 0.2) is 0 Å². The lowest BCUT2D eigenvalue weighted by Gasteiger charge is -2.29. The van der Waals surface area contributed by atoms with E-state index in [0.717, 1.165) is 11.8 Å². The van der Waals surface area contributed by atoms with Crippen LogP contribution in [0.1, 0.15) is 26.3 Å². The van der Waals surface area contributed by atoms with Gasteiger partial charge in [-0.05, 0) is 50.3 Å². The van der Waals surface area contributed by atoms with Gasteiger partial charge in [-0.1, -0.05) is 29.3 Å². The Balaban J connectivity index is 1.82. The van der Waals surface area contributed by atoms with E-state index < -0.39 is 21.1 Å². The van der Waals surface area contributed by atoms with Crippen LogP contribution in [0.15, 0.2) is 18.2 Å². The summed E-state index contributed by atoms with van der Waals surface area (Å²) in [6.07, 6.45) is 0.669. The number of carbonyl (C=O) groups is 1. The number of benzene rings is 1. The molecule has 2 unspecified atom stereocenters. The average molecular weight is 436 g/mol. The first-order chi connectivity index (χ1) is 12.3. The predicted octanol–water partition coefficient (Wildman–Crippen LogP) is 3.70. The van der Waals surface area contributed by atoms with E-state index in [9.17, 15) is 13.2 Å². The van der Waals surface area contributed by atoms with Crippen molar-refractivity contribution in [3.63, 3.8) is 0 Å². The minimum Gasteiger partial charge on any atom is -0.444 e. The van der Waals surface area contributed by atoms with Crippen LogP contribution in [0.2, 0.25) is 10.0 Å². The van der Waals surface area contributed by atoms with Gasteiger partial charge in [-0.15, -0.1) is 0 Å². The molecule has 1 heterocycles. The molecule has 2 aliphatic rings. The van der Waals surface area contributed by atoms with Crippen molar-refractivity contribution in [1.82, 2.24) is 4.90 Å². The molecule has 0 bridgehead atoms. The molecule has 2 atom stereocenters. The fraction of sp³-hybridized carbons (Fsp3) is 0.611. The summed E-state index contributed by atoms with van der Waals surface area (Å²) < 4.78 is 33.7. The minimum absolute atomic E-state index is 0.0152. The zero-order valence-electron chi connectivity index (χ0n) is 15.7. The second-order valence-electron chi connectivity index (χ2n) is 8.23. The summed E-state index contributed by atoms with van der Waals surface area (Å²) in [6.45, 7) is 6.44. The normalized spacial score (nSPS) is 27.4. The van der Waals surface area contributed by atoms with Gasteiger partial charge in [0.2, 0.25) is 0 Å². The number of fused-ring (bicyclic) bond motifs is 1. The summed E-state index contributed by atoms with van der Waals surface area (Å²) in [7, 11) is -3.59. The van der Waals surface area contributed by atoms with Gasteiger partial charge < -0.3 is 9.64 Å². The van der Waals surface area contributed by atoms with Crippen LogP contribution in [-0.2, 0) is 24.5 Å². The molecule has 9 heteroatoms. The molecule has 1 aliphatic heterocycles. The van der Waals surface area contributed by atoms with Crippen molar-refractivity contribution in [1.29, 1.82) is 0 Å². The maximum Gasteiger partial charge on any atom is 0.410 e. The van der Waals surface area contributed by atoms with Gasteiger partial charge in [0.1, 0.15) is 5.60 Å². The molecule has 1 saturated carbocycles. The number of nitrogens with zero attached hydrogens (tertiary/aromatic N) is 1. The lowest BCUT2D eigenvalue weighted by atomic mass is 9.91. The zero-order valence-corrected chi connectivity index (χ0v) is 18.0. The highest BCUT2D eigenvalue weighted by Gasteiger charge is 2.70. The summed E-state index contributed by atoms with van der Waals surface area (Å²) in [5.74, 6) is 0.146. The first-order valence-electron chi connectivity index (χ1n) is 8.61. The van der Waals surface area contributed by atoms with E-state index in [1.54, 1.807) is 17.0 Å². The Kier molecular flexibility index (Phi) is 5.21. The van der Waals surface area contributed by atoms with Crippen molar-refractivity contribution in [3.8, 4) is 0 Å². The Morgan fingerprint density at radius 2 is 1.81 bits per heavy atom. The SMILES string of the molecule is CC(C)(C)OC(=O)N1CC2C(C1)C2(COS(C)(=O)=O)c1ccc(Cl)c(Cl)c1. The van der Waals surface area contributed by atoms with Gasteiger partial charge in [-0.25, -0.2) is 4.79 Å². The molecule has 0 N–H and O–H groups in total. The molecule has 1 amide bonds. The number of amides is 1. The van der Waals surface area contributed by atoms with Gasteiger partial charge in [0.05, 0.1) is 22.9 Å². The third-order valence-electron chi connectivity index (χ3n) is 5.15. The summed E-state index contributed by atoms with van der Waals surface area (Å²) >= 11 is 12.2. The van der Waals surface area contributed by atoms with E-state index in [2.05, 4.69) is 0 Å². The summed E-state index contributed by atoms with van der Waals surface area (Å²) in [6, 6.07) is 5.29. The molecule has 6 nitrogen and oxygen atoms in total. The van der Waals surface area contributed by atoms with Crippen molar-refractivity contribution in [2.45, 2.75) is 31.8 Å². The largest absolute Gasteiger partial charge is 0.444 e. The summed E-state index contributed by atoms with van der Waals surface area (Å²) in [4.78, 5) is 14.0. The maximum atomic E-state index is 12.3. The first-order valence-corrected chi connectivity index (χ1v) is 11.2. The standard InChI is InChI=1S/C18H23Cl2NO5S/c1-17(2,3)26-16(22)21-8-12-13(9-21)18(12,10-25-27(4,23)24)11-5-6-14(19)15(20)7-11/h5-7,12-13H,8-10H2,1-4H3. The van der Waals surface area contributed by atoms with Gasteiger partial charge in [0.25, 0.3) is 10.1 Å². The number of rotatable bonds is 4. The second kappa shape index (κ2) is 6.79. The van der Waals surface area contributed by atoms with Crippen LogP contribution in [0.5, 0.6) is 0 Å². The molecule has 27 heavy (non-hydrogen) atoms. The molecule has 1 aliphatic carbocycles. The smallest absolute Gasteiger partial charge is 0.410 e. The molecular formula is C18H23Cl2NO5S. The van der Waals surface area contributed by atoms with Crippen LogP contribution in [0.3, 0.4) is 0 Å². The minimum atomic E-state index is -3.59. The molecule has 1 aromatic rings. The number of ether oxygens (including phenoxy) is 1. The van der Waals surface area contributed by atoms with E-state index in [0.29, 0.717) is 23.1 Å². The number of hydrogen-bond acceptors (Lipinski definition) is 5. The highest BCUT2D eigenvalue weighted by molar-refractivity contribution is 7.85. The third-order valence-corrected chi connectivity index (χ3v) is 6.44. The topological polar surface area (TPSA) is 72.9 Å². The van der Waals surface area contributed by atoms with Gasteiger partial charge >= 0.3 is 6.09 Å². The summed E-state index contributed by atoms with van der Waals surface area (Å²) in [5.41, 5.74) is -0.195. The quantitative estimate of drug-likeness (QED) is 0.673. The van der Waals surface area contributed by atoms with Crippen LogP contribution in [0.25, 0.3) is 0 Å². The first kappa shape index (κ1) is 20.7. The monoisotopic (exact) mass is 435 g/mol. The zero-order chi connectivity index (χ0) is 20.2. The molecule has 0 radical (unpaired) electrons. The van der Waals surface area contributed by atoms with Crippen LogP contribution < -0.4 is 0 Å². The number of hydrogen-bond donors (Lipinski definition) is 0. The maximum absolute atomic E-state index is 12.3. The molecule has 1 saturated heterocycles. The molecule has 0 spiro atoms. The Hall–Kier alpha value is -1.02. The average Bonchev–Trinajstić information content (AvgIpc) is 2.87. The van der Waals surface area contributed by atoms with Crippen LogP contribution in [0.4, 0.5) is 4.79 Å². The Morgan fingerprint density at radius 3 is 2.30 bits per heavy atom. The van der Waals surface area contributed by atoms with Gasteiger partial charge in [-0.3, -0.25) is 4.18 Å². The molecule has 2 fully saturated rings. The Labute approximate surface area is 169 Å². The summed E-state index contributed by atoms with van der Waals surface area (Å²) in [5, 5.41) is 0.836. The Morgan fingerprint density at radius 1 is 1.22 bits per heavy atom. The van der Waals surface area contributed by atoms with Crippen LogP contribution in [0, 0.1) is 11.8 Å². The Bertz CT molecular complexity index is 853. The fourth-order valence-corrected chi connectivity index (χ4v) is 4.63. The third kappa shape index (κ3) is 4.21. The lowest BCUT2D eigenvalue weighted by Crippen LogP contribution is -2.40. The van der Waals surface area contributed by atoms with Crippen LogP contribution in [-0.4, -0.2) is 51.0 Å². The molecule has 1 aromatic carbocycles. The molecule has 3 rings (SSSR count). The highest BCUT2D eigenvalue weighted by Crippen LogP contribution is 2.64. The number of carbonyl (C=O) groups excluding carboxylic acids is 1. The number of piperidine rings is 1. The van der Waals surface area contributed by atoms with Gasteiger partial charge in [-0.2, -0.15) is 8.42 Å². The van der Waals surface area contributed by atoms with Crippen molar-refractivity contribution < 1.29 is 22.1 Å². The van der Waals surface area contributed by atoms with Crippen molar-refractivity contribution >= 4 is 39.4 Å². The van der Waals surface area contributed by atoms with Crippen LogP contribution >= 0.6 is 23.2 Å². The van der Waals surface area contributed by atoms with Crippen molar-refractivity contribution in [2.75, 3.05) is 26.0 Å². The van der Waals surface area contributed by atoms with Crippen molar-refractivity contribution in [3.05, 3.63) is 33.8 Å².